The Bertz CT molecular complexity index is 1670. The Morgan fingerprint density at radius 3 is 2.68 bits per heavy atom. The lowest BCUT2D eigenvalue weighted by atomic mass is 10.0. The number of anilines is 1. The summed E-state index contributed by atoms with van der Waals surface area (Å²) in [6, 6.07) is 21.1. The van der Waals surface area contributed by atoms with Crippen LogP contribution in [-0.4, -0.2) is 29.7 Å². The predicted octanol–water partition coefficient (Wildman–Crippen LogP) is 4.83. The quantitative estimate of drug-likeness (QED) is 0.351. The standard InChI is InChI=1S/C26H21N7O/c1-16(31-25-24-21(10-12-27-25)28-15-29-24)22-14-17-6-5-9-19(20-11-13-30-32-20)23(17)26(34)33(22)18-7-3-2-4-8-18/h2-16H,1H3,(H,27,31)(H,28,29)(H,30,32)/t16-/m0/s1. The van der Waals surface area contributed by atoms with Crippen molar-refractivity contribution in [3.63, 3.8) is 0 Å². The van der Waals surface area contributed by atoms with Crippen LogP contribution in [0.2, 0.25) is 0 Å². The first-order valence-electron chi connectivity index (χ1n) is 11.0. The van der Waals surface area contributed by atoms with Crippen molar-refractivity contribution >= 4 is 27.6 Å². The molecule has 0 amide bonds. The predicted molar refractivity (Wildman–Crippen MR) is 133 cm³/mol. The number of para-hydroxylation sites is 1. The highest BCUT2D eigenvalue weighted by atomic mass is 16.1. The molecule has 0 fully saturated rings. The number of pyridine rings is 2. The number of fused-ring (bicyclic) bond motifs is 2. The van der Waals surface area contributed by atoms with Crippen LogP contribution < -0.4 is 10.9 Å². The van der Waals surface area contributed by atoms with Crippen molar-refractivity contribution in [2.75, 3.05) is 5.32 Å². The largest absolute Gasteiger partial charge is 0.360 e. The smallest absolute Gasteiger partial charge is 0.263 e. The highest BCUT2D eigenvalue weighted by Gasteiger charge is 2.20. The Balaban J connectivity index is 1.58. The number of nitrogens with one attached hydrogen (secondary N) is 3. The van der Waals surface area contributed by atoms with E-state index in [-0.39, 0.29) is 11.6 Å². The number of H-pyrrole nitrogens is 2. The van der Waals surface area contributed by atoms with Crippen molar-refractivity contribution in [1.82, 2.24) is 29.7 Å². The van der Waals surface area contributed by atoms with Crippen LogP contribution in [0.3, 0.4) is 0 Å². The molecule has 0 saturated heterocycles. The van der Waals surface area contributed by atoms with Crippen LogP contribution in [0.25, 0.3) is 38.8 Å². The molecular weight excluding hydrogens is 426 g/mol. The van der Waals surface area contributed by atoms with Crippen LogP contribution in [0.4, 0.5) is 5.82 Å². The van der Waals surface area contributed by atoms with Gasteiger partial charge >= 0.3 is 0 Å². The van der Waals surface area contributed by atoms with Gasteiger partial charge in [0.15, 0.2) is 5.82 Å². The molecular formula is C26H21N7O. The summed E-state index contributed by atoms with van der Waals surface area (Å²) in [5, 5.41) is 12.0. The van der Waals surface area contributed by atoms with Gasteiger partial charge in [0.1, 0.15) is 5.52 Å². The molecule has 0 aliphatic heterocycles. The minimum Gasteiger partial charge on any atom is -0.360 e. The molecule has 6 aromatic rings. The van der Waals surface area contributed by atoms with Crippen molar-refractivity contribution in [1.29, 1.82) is 0 Å². The molecule has 1 atom stereocenters. The third-order valence-corrected chi connectivity index (χ3v) is 6.02. The van der Waals surface area contributed by atoms with Crippen LogP contribution in [0.5, 0.6) is 0 Å². The maximum atomic E-state index is 14.1. The number of nitrogens with zero attached hydrogens (tertiary/aromatic N) is 4. The van der Waals surface area contributed by atoms with E-state index in [1.165, 1.54) is 0 Å². The van der Waals surface area contributed by atoms with E-state index in [0.717, 1.165) is 39.1 Å². The summed E-state index contributed by atoms with van der Waals surface area (Å²) in [6.45, 7) is 2.02. The number of benzene rings is 2. The maximum Gasteiger partial charge on any atom is 0.263 e. The van der Waals surface area contributed by atoms with Crippen LogP contribution in [0.15, 0.2) is 90.2 Å². The third-order valence-electron chi connectivity index (χ3n) is 6.02. The Morgan fingerprint density at radius 1 is 0.971 bits per heavy atom. The zero-order chi connectivity index (χ0) is 23.1. The van der Waals surface area contributed by atoms with E-state index in [4.69, 9.17) is 0 Å². The monoisotopic (exact) mass is 447 g/mol. The van der Waals surface area contributed by atoms with E-state index < -0.39 is 0 Å². The number of hydrogen-bond acceptors (Lipinski definition) is 5. The van der Waals surface area contributed by atoms with Crippen molar-refractivity contribution in [3.05, 3.63) is 101 Å². The average Bonchev–Trinajstić information content (AvgIpc) is 3.57. The van der Waals surface area contributed by atoms with Crippen LogP contribution in [-0.2, 0) is 0 Å². The fraction of sp³-hybridized carbons (Fsp3) is 0.0769. The summed E-state index contributed by atoms with van der Waals surface area (Å²) in [4.78, 5) is 26.1. The van der Waals surface area contributed by atoms with Gasteiger partial charge in [-0.1, -0.05) is 36.4 Å². The van der Waals surface area contributed by atoms with Gasteiger partial charge in [-0.2, -0.15) is 5.10 Å². The summed E-state index contributed by atoms with van der Waals surface area (Å²) in [6.07, 6.45) is 5.07. The van der Waals surface area contributed by atoms with Crippen molar-refractivity contribution in [2.45, 2.75) is 13.0 Å². The van der Waals surface area contributed by atoms with E-state index in [0.29, 0.717) is 11.2 Å². The van der Waals surface area contributed by atoms with E-state index in [9.17, 15) is 4.79 Å². The number of aromatic amines is 2. The van der Waals surface area contributed by atoms with Crippen LogP contribution >= 0.6 is 0 Å². The molecule has 8 heteroatoms. The average molecular weight is 448 g/mol. The van der Waals surface area contributed by atoms with Crippen molar-refractivity contribution in [2.24, 2.45) is 0 Å². The number of rotatable bonds is 5. The normalized spacial score (nSPS) is 12.3. The van der Waals surface area contributed by atoms with Gasteiger partial charge in [0, 0.05) is 29.3 Å². The van der Waals surface area contributed by atoms with Crippen LogP contribution in [0, 0.1) is 0 Å². The molecule has 0 spiro atoms. The number of aromatic nitrogens is 6. The Labute approximate surface area is 194 Å². The molecule has 4 heterocycles. The zero-order valence-electron chi connectivity index (χ0n) is 18.4. The van der Waals surface area contributed by atoms with E-state index in [2.05, 4.69) is 36.5 Å². The summed E-state index contributed by atoms with van der Waals surface area (Å²) >= 11 is 0. The second-order valence-corrected chi connectivity index (χ2v) is 8.11. The second kappa shape index (κ2) is 8.00. The highest BCUT2D eigenvalue weighted by molar-refractivity contribution is 5.95. The van der Waals surface area contributed by atoms with Gasteiger partial charge in [0.05, 0.1) is 29.0 Å². The molecule has 6 rings (SSSR count). The first-order valence-corrected chi connectivity index (χ1v) is 11.0. The zero-order valence-corrected chi connectivity index (χ0v) is 18.4. The van der Waals surface area contributed by atoms with Gasteiger partial charge in [-0.15, -0.1) is 0 Å². The first kappa shape index (κ1) is 19.9. The van der Waals surface area contributed by atoms with E-state index >= 15 is 0 Å². The number of imidazole rings is 1. The Hall–Kier alpha value is -4.72. The molecule has 0 bridgehead atoms. The summed E-state index contributed by atoms with van der Waals surface area (Å²) in [5.74, 6) is 0.657. The minimum absolute atomic E-state index is 0.0940. The Kier molecular flexibility index (Phi) is 4.69. The molecule has 166 valence electrons. The van der Waals surface area contributed by atoms with Gasteiger partial charge in [-0.25, -0.2) is 9.97 Å². The van der Waals surface area contributed by atoms with E-state index in [1.807, 2.05) is 67.6 Å². The van der Waals surface area contributed by atoms with Gasteiger partial charge < -0.3 is 10.3 Å². The van der Waals surface area contributed by atoms with Gasteiger partial charge in [0.2, 0.25) is 0 Å². The third kappa shape index (κ3) is 3.24. The summed E-state index contributed by atoms with van der Waals surface area (Å²) in [7, 11) is 0. The van der Waals surface area contributed by atoms with Gasteiger partial charge in [-0.3, -0.25) is 14.5 Å². The molecule has 8 nitrogen and oxygen atoms in total. The van der Waals surface area contributed by atoms with Gasteiger partial charge in [-0.05, 0) is 42.6 Å². The molecule has 0 aliphatic carbocycles. The summed E-state index contributed by atoms with van der Waals surface area (Å²) in [5.41, 5.74) is 4.79. The fourth-order valence-corrected chi connectivity index (χ4v) is 4.43. The molecule has 2 aromatic carbocycles. The maximum absolute atomic E-state index is 14.1. The number of hydrogen-bond donors (Lipinski definition) is 3. The molecule has 3 N–H and O–H groups in total. The Morgan fingerprint density at radius 2 is 1.85 bits per heavy atom. The second-order valence-electron chi connectivity index (χ2n) is 8.11. The molecule has 0 radical (unpaired) electrons. The fourth-order valence-electron chi connectivity index (χ4n) is 4.43. The minimum atomic E-state index is -0.233. The molecule has 0 saturated carbocycles. The van der Waals surface area contributed by atoms with Crippen molar-refractivity contribution < 1.29 is 0 Å². The van der Waals surface area contributed by atoms with Crippen LogP contribution in [0.1, 0.15) is 18.7 Å². The lowest BCUT2D eigenvalue weighted by Gasteiger charge is -2.22. The van der Waals surface area contributed by atoms with E-state index in [1.54, 1.807) is 23.3 Å². The molecule has 0 unspecified atom stereocenters. The first-order chi connectivity index (χ1) is 16.7. The molecule has 34 heavy (non-hydrogen) atoms. The molecule has 4 aromatic heterocycles. The topological polar surface area (TPSA) is 104 Å². The molecule has 0 aliphatic rings. The summed E-state index contributed by atoms with van der Waals surface area (Å²) < 4.78 is 1.77. The SMILES string of the molecule is C[C@H](Nc1nccc2[nH]cnc12)c1cc2cccc(-c3ccn[nH]3)c2c(=O)n1-c1ccccc1. The van der Waals surface area contributed by atoms with Crippen molar-refractivity contribution in [3.8, 4) is 16.9 Å². The lowest BCUT2D eigenvalue weighted by molar-refractivity contribution is 0.774. The lowest BCUT2D eigenvalue weighted by Crippen LogP contribution is -2.26. The highest BCUT2D eigenvalue weighted by Crippen LogP contribution is 2.29. The van der Waals surface area contributed by atoms with Gasteiger partial charge in [0.25, 0.3) is 5.56 Å².